The van der Waals surface area contributed by atoms with Crippen LogP contribution in [0.25, 0.3) is 10.8 Å². The molecule has 4 rings (SSSR count). The maximum Gasteiger partial charge on any atom is 0.0354 e. The third-order valence-corrected chi connectivity index (χ3v) is 4.76. The fraction of sp³-hybridized carbons (Fsp3) is 0.444. The zero-order valence-electron chi connectivity index (χ0n) is 11.6. The molecular weight excluding hydrogens is 230 g/mol. The standard InChI is InChI=1S/C18H21N/c1-2-19-18(14-8-9-14)16-11-10-13-7-6-12-4-3-5-15(16)17(12)13/h3-5,10-11,14,18-19H,2,6-9H2,1H3. The van der Waals surface area contributed by atoms with E-state index in [9.17, 15) is 0 Å². The summed E-state index contributed by atoms with van der Waals surface area (Å²) >= 11 is 0. The van der Waals surface area contributed by atoms with Gasteiger partial charge in [-0.3, -0.25) is 0 Å². The molecule has 1 fully saturated rings. The molecule has 0 aliphatic heterocycles. The maximum absolute atomic E-state index is 3.71. The molecule has 2 aliphatic rings. The topological polar surface area (TPSA) is 12.0 Å². The molecule has 98 valence electrons. The van der Waals surface area contributed by atoms with E-state index in [4.69, 9.17) is 0 Å². The summed E-state index contributed by atoms with van der Waals surface area (Å²) in [5.74, 6) is 0.860. The monoisotopic (exact) mass is 251 g/mol. The van der Waals surface area contributed by atoms with Crippen LogP contribution >= 0.6 is 0 Å². The minimum absolute atomic E-state index is 0.565. The lowest BCUT2D eigenvalue weighted by molar-refractivity contribution is 0.499. The summed E-state index contributed by atoms with van der Waals surface area (Å²) in [7, 11) is 0. The molecule has 2 aromatic rings. The Balaban J connectivity index is 1.90. The minimum Gasteiger partial charge on any atom is -0.310 e. The van der Waals surface area contributed by atoms with Crippen LogP contribution in [0.15, 0.2) is 30.3 Å². The van der Waals surface area contributed by atoms with Crippen LogP contribution in [0.1, 0.15) is 42.5 Å². The molecule has 0 bridgehead atoms. The molecule has 0 saturated heterocycles. The Bertz CT molecular complexity index is 615. The van der Waals surface area contributed by atoms with Crippen molar-refractivity contribution in [1.29, 1.82) is 0 Å². The van der Waals surface area contributed by atoms with Crippen molar-refractivity contribution < 1.29 is 0 Å². The van der Waals surface area contributed by atoms with Gasteiger partial charge >= 0.3 is 0 Å². The van der Waals surface area contributed by atoms with Gasteiger partial charge in [-0.05, 0) is 65.6 Å². The van der Waals surface area contributed by atoms with Gasteiger partial charge in [-0.2, -0.15) is 0 Å². The number of aryl methyl sites for hydroxylation is 2. The predicted molar refractivity (Wildman–Crippen MR) is 80.5 cm³/mol. The number of hydrogen-bond acceptors (Lipinski definition) is 1. The minimum atomic E-state index is 0.565. The molecule has 0 radical (unpaired) electrons. The molecule has 1 atom stereocenters. The lowest BCUT2D eigenvalue weighted by atomic mass is 9.93. The summed E-state index contributed by atoms with van der Waals surface area (Å²) < 4.78 is 0. The Morgan fingerprint density at radius 3 is 2.63 bits per heavy atom. The summed E-state index contributed by atoms with van der Waals surface area (Å²) in [6.45, 7) is 3.28. The van der Waals surface area contributed by atoms with Gasteiger partial charge in [0.25, 0.3) is 0 Å². The smallest absolute Gasteiger partial charge is 0.0354 e. The van der Waals surface area contributed by atoms with Crippen molar-refractivity contribution in [3.05, 3.63) is 47.0 Å². The van der Waals surface area contributed by atoms with Crippen molar-refractivity contribution in [2.24, 2.45) is 5.92 Å². The van der Waals surface area contributed by atoms with Crippen LogP contribution in [0.4, 0.5) is 0 Å². The van der Waals surface area contributed by atoms with Crippen molar-refractivity contribution in [2.75, 3.05) is 6.54 Å². The molecule has 1 unspecified atom stereocenters. The fourth-order valence-electron chi connectivity index (χ4n) is 3.72. The Kier molecular flexibility index (Phi) is 2.63. The lowest BCUT2D eigenvalue weighted by Crippen LogP contribution is -2.22. The molecule has 2 aromatic carbocycles. The number of hydrogen-bond donors (Lipinski definition) is 1. The first-order valence-electron chi connectivity index (χ1n) is 7.65. The van der Waals surface area contributed by atoms with Crippen LogP contribution in [0.2, 0.25) is 0 Å². The second-order valence-corrected chi connectivity index (χ2v) is 6.03. The van der Waals surface area contributed by atoms with Crippen LogP contribution < -0.4 is 5.32 Å². The summed E-state index contributed by atoms with van der Waals surface area (Å²) in [5.41, 5.74) is 4.65. The van der Waals surface area contributed by atoms with Gasteiger partial charge in [0.1, 0.15) is 0 Å². The number of rotatable bonds is 4. The van der Waals surface area contributed by atoms with Crippen molar-refractivity contribution in [1.82, 2.24) is 5.32 Å². The zero-order valence-corrected chi connectivity index (χ0v) is 11.6. The van der Waals surface area contributed by atoms with Gasteiger partial charge in [0.05, 0.1) is 0 Å². The van der Waals surface area contributed by atoms with Gasteiger partial charge in [-0.1, -0.05) is 37.3 Å². The van der Waals surface area contributed by atoms with E-state index in [1.54, 1.807) is 16.5 Å². The average Bonchev–Trinajstić information content (AvgIpc) is 3.20. The highest BCUT2D eigenvalue weighted by molar-refractivity contribution is 5.93. The van der Waals surface area contributed by atoms with Crippen LogP contribution in [-0.2, 0) is 12.8 Å². The highest BCUT2D eigenvalue weighted by Gasteiger charge is 2.33. The Labute approximate surface area is 115 Å². The molecule has 0 aromatic heterocycles. The van der Waals surface area contributed by atoms with Crippen LogP contribution in [0.3, 0.4) is 0 Å². The van der Waals surface area contributed by atoms with Crippen molar-refractivity contribution in [2.45, 2.75) is 38.6 Å². The highest BCUT2D eigenvalue weighted by Crippen LogP contribution is 2.44. The summed E-state index contributed by atoms with van der Waals surface area (Å²) in [5, 5.41) is 6.78. The second-order valence-electron chi connectivity index (χ2n) is 6.03. The fourth-order valence-corrected chi connectivity index (χ4v) is 3.72. The van der Waals surface area contributed by atoms with E-state index >= 15 is 0 Å². The average molecular weight is 251 g/mol. The van der Waals surface area contributed by atoms with Gasteiger partial charge in [0.15, 0.2) is 0 Å². The van der Waals surface area contributed by atoms with Gasteiger partial charge in [-0.25, -0.2) is 0 Å². The number of nitrogens with one attached hydrogen (secondary N) is 1. The molecule has 1 heteroatoms. The van der Waals surface area contributed by atoms with Crippen LogP contribution in [-0.4, -0.2) is 6.54 Å². The van der Waals surface area contributed by atoms with E-state index < -0.39 is 0 Å². The third kappa shape index (κ3) is 1.80. The van der Waals surface area contributed by atoms with E-state index in [1.807, 2.05) is 0 Å². The second kappa shape index (κ2) is 4.35. The first-order valence-corrected chi connectivity index (χ1v) is 7.65. The van der Waals surface area contributed by atoms with Crippen molar-refractivity contribution >= 4 is 10.8 Å². The largest absolute Gasteiger partial charge is 0.310 e. The molecular formula is C18H21N. The van der Waals surface area contributed by atoms with Gasteiger partial charge in [-0.15, -0.1) is 0 Å². The zero-order chi connectivity index (χ0) is 12.8. The summed E-state index contributed by atoms with van der Waals surface area (Å²) in [6.07, 6.45) is 5.23. The third-order valence-electron chi connectivity index (χ3n) is 4.76. The van der Waals surface area contributed by atoms with Gasteiger partial charge in [0, 0.05) is 6.04 Å². The Morgan fingerprint density at radius 2 is 1.89 bits per heavy atom. The SMILES string of the molecule is CCNC(c1ccc2c3c(cccc13)CC2)C1CC1. The molecule has 1 nitrogen and oxygen atoms in total. The molecule has 19 heavy (non-hydrogen) atoms. The Morgan fingerprint density at radius 1 is 1.11 bits per heavy atom. The summed E-state index contributed by atoms with van der Waals surface area (Å²) in [4.78, 5) is 0. The maximum atomic E-state index is 3.71. The van der Waals surface area contributed by atoms with Crippen molar-refractivity contribution in [3.8, 4) is 0 Å². The van der Waals surface area contributed by atoms with Gasteiger partial charge < -0.3 is 5.32 Å². The van der Waals surface area contributed by atoms with Gasteiger partial charge in [0.2, 0.25) is 0 Å². The summed E-state index contributed by atoms with van der Waals surface area (Å²) in [6, 6.07) is 12.2. The Hall–Kier alpha value is -1.34. The predicted octanol–water partition coefficient (Wildman–Crippen LogP) is 4.00. The van der Waals surface area contributed by atoms with Crippen LogP contribution in [0, 0.1) is 5.92 Å². The molecule has 0 heterocycles. The van der Waals surface area contributed by atoms with E-state index in [-0.39, 0.29) is 0 Å². The van der Waals surface area contributed by atoms with Crippen LogP contribution in [0.5, 0.6) is 0 Å². The normalized spacial score (nSPS) is 19.0. The molecule has 0 spiro atoms. The molecule has 1 saturated carbocycles. The van der Waals surface area contributed by atoms with Crippen molar-refractivity contribution in [3.63, 3.8) is 0 Å². The molecule has 0 amide bonds. The van der Waals surface area contributed by atoms with E-state index in [0.29, 0.717) is 6.04 Å². The highest BCUT2D eigenvalue weighted by atomic mass is 14.9. The first kappa shape index (κ1) is 11.5. The van der Waals surface area contributed by atoms with E-state index in [1.165, 1.54) is 36.6 Å². The molecule has 2 aliphatic carbocycles. The lowest BCUT2D eigenvalue weighted by Gasteiger charge is -2.20. The van der Waals surface area contributed by atoms with E-state index in [2.05, 4.69) is 42.6 Å². The number of benzene rings is 2. The van der Waals surface area contributed by atoms with E-state index in [0.717, 1.165) is 12.5 Å². The first-order chi connectivity index (χ1) is 9.38. The quantitative estimate of drug-likeness (QED) is 0.866. The molecule has 1 N–H and O–H groups in total.